The summed E-state index contributed by atoms with van der Waals surface area (Å²) in [5.74, 6) is -0.346. The van der Waals surface area contributed by atoms with Crippen molar-refractivity contribution in [2.24, 2.45) is 0 Å². The Labute approximate surface area is 116 Å². The molecule has 0 radical (unpaired) electrons. The molecular formula is C15H13ClFNO. The van der Waals surface area contributed by atoms with E-state index in [1.165, 1.54) is 12.1 Å². The van der Waals surface area contributed by atoms with Gasteiger partial charge in [0, 0.05) is 22.7 Å². The summed E-state index contributed by atoms with van der Waals surface area (Å²) < 4.78 is 13.3. The molecule has 98 valence electrons. The molecule has 0 bridgehead atoms. The quantitative estimate of drug-likeness (QED) is 0.685. The van der Waals surface area contributed by atoms with Crippen molar-refractivity contribution >= 4 is 23.6 Å². The molecule has 0 amide bonds. The monoisotopic (exact) mass is 277 g/mol. The summed E-state index contributed by atoms with van der Waals surface area (Å²) in [5, 5.41) is 0.509. The highest BCUT2D eigenvalue weighted by molar-refractivity contribution is 6.32. The molecule has 0 aliphatic rings. The SMILES string of the molecule is Cc1c(Cl)cc(CC=O)c(-c2cccc(F)c2)c1N. The predicted octanol–water partition coefficient (Wildman–Crippen LogP) is 3.78. The maximum absolute atomic E-state index is 13.3. The number of hydrogen-bond acceptors (Lipinski definition) is 2. The molecule has 2 rings (SSSR count). The highest BCUT2D eigenvalue weighted by Gasteiger charge is 2.14. The summed E-state index contributed by atoms with van der Waals surface area (Å²) in [7, 11) is 0. The summed E-state index contributed by atoms with van der Waals surface area (Å²) in [5.41, 5.74) is 9.31. The third-order valence-electron chi connectivity index (χ3n) is 3.07. The van der Waals surface area contributed by atoms with Gasteiger partial charge >= 0.3 is 0 Å². The highest BCUT2D eigenvalue weighted by Crippen LogP contribution is 2.36. The van der Waals surface area contributed by atoms with Gasteiger partial charge < -0.3 is 10.5 Å². The Hall–Kier alpha value is -1.87. The number of anilines is 1. The first-order valence-electron chi connectivity index (χ1n) is 5.81. The molecule has 0 heterocycles. The molecule has 2 aromatic rings. The van der Waals surface area contributed by atoms with E-state index in [0.717, 1.165) is 11.8 Å². The number of nitrogens with two attached hydrogens (primary N) is 1. The molecule has 0 saturated carbocycles. The van der Waals surface area contributed by atoms with E-state index in [9.17, 15) is 9.18 Å². The fourth-order valence-corrected chi connectivity index (χ4v) is 2.29. The van der Waals surface area contributed by atoms with Gasteiger partial charge in [-0.15, -0.1) is 0 Å². The van der Waals surface area contributed by atoms with Gasteiger partial charge in [-0.25, -0.2) is 4.39 Å². The first-order chi connectivity index (χ1) is 9.04. The molecule has 0 spiro atoms. The van der Waals surface area contributed by atoms with Crippen LogP contribution in [-0.4, -0.2) is 6.29 Å². The molecule has 2 N–H and O–H groups in total. The topological polar surface area (TPSA) is 43.1 Å². The lowest BCUT2D eigenvalue weighted by molar-refractivity contribution is -0.107. The van der Waals surface area contributed by atoms with Crippen LogP contribution in [0.1, 0.15) is 11.1 Å². The van der Waals surface area contributed by atoms with E-state index in [4.69, 9.17) is 17.3 Å². The van der Waals surface area contributed by atoms with Gasteiger partial charge in [-0.2, -0.15) is 0 Å². The lowest BCUT2D eigenvalue weighted by Crippen LogP contribution is -2.01. The van der Waals surface area contributed by atoms with E-state index in [-0.39, 0.29) is 12.2 Å². The number of rotatable bonds is 3. The van der Waals surface area contributed by atoms with Crippen LogP contribution in [0.15, 0.2) is 30.3 Å². The van der Waals surface area contributed by atoms with Crippen molar-refractivity contribution in [3.05, 3.63) is 52.3 Å². The summed E-state index contributed by atoms with van der Waals surface area (Å²) in [6, 6.07) is 7.84. The number of carbonyl (C=O) groups excluding carboxylic acids is 1. The second-order valence-electron chi connectivity index (χ2n) is 4.31. The molecule has 19 heavy (non-hydrogen) atoms. The Kier molecular flexibility index (Phi) is 3.86. The summed E-state index contributed by atoms with van der Waals surface area (Å²) in [6.07, 6.45) is 0.972. The zero-order valence-corrected chi connectivity index (χ0v) is 11.2. The van der Waals surface area contributed by atoms with Crippen molar-refractivity contribution < 1.29 is 9.18 Å². The average Bonchev–Trinajstić information content (AvgIpc) is 2.36. The molecule has 4 heteroatoms. The summed E-state index contributed by atoms with van der Waals surface area (Å²) >= 11 is 6.08. The molecular weight excluding hydrogens is 265 g/mol. The minimum atomic E-state index is -0.346. The van der Waals surface area contributed by atoms with Crippen LogP contribution in [-0.2, 0) is 11.2 Å². The van der Waals surface area contributed by atoms with Gasteiger partial charge in [0.2, 0.25) is 0 Å². The zero-order valence-electron chi connectivity index (χ0n) is 10.4. The van der Waals surface area contributed by atoms with Crippen LogP contribution in [0.3, 0.4) is 0 Å². The molecule has 0 unspecified atom stereocenters. The Bertz CT molecular complexity index is 640. The number of aldehydes is 1. The van der Waals surface area contributed by atoms with E-state index >= 15 is 0 Å². The van der Waals surface area contributed by atoms with Crippen molar-refractivity contribution in [2.75, 3.05) is 5.73 Å². The third-order valence-corrected chi connectivity index (χ3v) is 3.46. The molecule has 0 fully saturated rings. The van der Waals surface area contributed by atoms with Gasteiger partial charge in [-0.05, 0) is 41.8 Å². The number of benzene rings is 2. The standard InChI is InChI=1S/C15H13ClFNO/c1-9-13(16)8-11(5-6-19)14(15(9)18)10-3-2-4-12(17)7-10/h2-4,6-8H,5,18H2,1H3. The summed E-state index contributed by atoms with van der Waals surface area (Å²) in [6.45, 7) is 1.80. The van der Waals surface area contributed by atoms with E-state index in [2.05, 4.69) is 0 Å². The number of carbonyl (C=O) groups is 1. The Morgan fingerprint density at radius 1 is 1.37 bits per heavy atom. The highest BCUT2D eigenvalue weighted by atomic mass is 35.5. The van der Waals surface area contributed by atoms with Gasteiger partial charge in [0.1, 0.15) is 12.1 Å². The van der Waals surface area contributed by atoms with E-state index in [1.54, 1.807) is 25.1 Å². The van der Waals surface area contributed by atoms with Gasteiger partial charge in [0.15, 0.2) is 0 Å². The Morgan fingerprint density at radius 2 is 2.11 bits per heavy atom. The second-order valence-corrected chi connectivity index (χ2v) is 4.72. The maximum Gasteiger partial charge on any atom is 0.124 e. The number of halogens is 2. The second kappa shape index (κ2) is 5.41. The average molecular weight is 278 g/mol. The molecule has 2 aromatic carbocycles. The molecule has 0 saturated heterocycles. The number of nitrogen functional groups attached to an aromatic ring is 1. The van der Waals surface area contributed by atoms with Gasteiger partial charge in [-0.3, -0.25) is 0 Å². The molecule has 0 atom stereocenters. The van der Waals surface area contributed by atoms with E-state index in [1.807, 2.05) is 0 Å². The van der Waals surface area contributed by atoms with E-state index < -0.39 is 0 Å². The van der Waals surface area contributed by atoms with E-state index in [0.29, 0.717) is 27.4 Å². The number of hydrogen-bond donors (Lipinski definition) is 1. The lowest BCUT2D eigenvalue weighted by atomic mass is 9.93. The van der Waals surface area contributed by atoms with Crippen molar-refractivity contribution in [1.82, 2.24) is 0 Å². The minimum absolute atomic E-state index is 0.191. The molecule has 2 nitrogen and oxygen atoms in total. The first-order valence-corrected chi connectivity index (χ1v) is 6.19. The van der Waals surface area contributed by atoms with Crippen LogP contribution >= 0.6 is 11.6 Å². The van der Waals surface area contributed by atoms with Crippen LogP contribution in [0.2, 0.25) is 5.02 Å². The fourth-order valence-electron chi connectivity index (χ4n) is 2.06. The Morgan fingerprint density at radius 3 is 2.74 bits per heavy atom. The molecule has 0 aromatic heterocycles. The predicted molar refractivity (Wildman–Crippen MR) is 75.8 cm³/mol. The zero-order chi connectivity index (χ0) is 14.0. The van der Waals surface area contributed by atoms with Crippen LogP contribution in [0.5, 0.6) is 0 Å². The van der Waals surface area contributed by atoms with Crippen LogP contribution in [0.25, 0.3) is 11.1 Å². The largest absolute Gasteiger partial charge is 0.398 e. The van der Waals surface area contributed by atoms with Crippen molar-refractivity contribution in [3.8, 4) is 11.1 Å². The summed E-state index contributed by atoms with van der Waals surface area (Å²) in [4.78, 5) is 10.8. The van der Waals surface area contributed by atoms with Gasteiger partial charge in [0.05, 0.1) is 0 Å². The van der Waals surface area contributed by atoms with Gasteiger partial charge in [0.25, 0.3) is 0 Å². The fraction of sp³-hybridized carbons (Fsp3) is 0.133. The van der Waals surface area contributed by atoms with Crippen molar-refractivity contribution in [1.29, 1.82) is 0 Å². The van der Waals surface area contributed by atoms with Crippen LogP contribution in [0.4, 0.5) is 10.1 Å². The van der Waals surface area contributed by atoms with Gasteiger partial charge in [-0.1, -0.05) is 23.7 Å². The lowest BCUT2D eigenvalue weighted by Gasteiger charge is -2.15. The first kappa shape index (κ1) is 13.6. The van der Waals surface area contributed by atoms with Crippen molar-refractivity contribution in [3.63, 3.8) is 0 Å². The smallest absolute Gasteiger partial charge is 0.124 e. The van der Waals surface area contributed by atoms with Crippen LogP contribution in [0, 0.1) is 12.7 Å². The molecule has 0 aliphatic heterocycles. The van der Waals surface area contributed by atoms with Crippen molar-refractivity contribution in [2.45, 2.75) is 13.3 Å². The third kappa shape index (κ3) is 2.61. The normalized spacial score (nSPS) is 10.5. The van der Waals surface area contributed by atoms with Crippen LogP contribution < -0.4 is 5.73 Å². The minimum Gasteiger partial charge on any atom is -0.398 e. The molecule has 0 aliphatic carbocycles. The Balaban J connectivity index is 2.73. The maximum atomic E-state index is 13.3.